The first-order chi connectivity index (χ1) is 9.34. The molecule has 0 spiro atoms. The van der Waals surface area contributed by atoms with E-state index in [0.29, 0.717) is 5.69 Å². The Morgan fingerprint density at radius 2 is 2.00 bits per heavy atom. The average Bonchev–Trinajstić information content (AvgIpc) is 2.75. The van der Waals surface area contributed by atoms with Gasteiger partial charge in [-0.2, -0.15) is 0 Å². The van der Waals surface area contributed by atoms with Crippen LogP contribution >= 0.6 is 0 Å². The molecule has 1 aliphatic heterocycles. The number of amides is 1. The van der Waals surface area contributed by atoms with Gasteiger partial charge in [0.15, 0.2) is 0 Å². The Balaban J connectivity index is 1.88. The predicted molar refractivity (Wildman–Crippen MR) is 72.9 cm³/mol. The van der Waals surface area contributed by atoms with Crippen LogP contribution in [0.15, 0.2) is 30.5 Å². The third-order valence-corrected chi connectivity index (χ3v) is 3.29. The highest BCUT2D eigenvalue weighted by Gasteiger charge is 2.18. The predicted octanol–water partition coefficient (Wildman–Crippen LogP) is 1.07. The maximum Gasteiger partial charge on any atom is 0.274 e. The first-order valence-electron chi connectivity index (χ1n) is 6.56. The fourth-order valence-electron chi connectivity index (χ4n) is 2.27. The molecule has 2 aromatic rings. The van der Waals surface area contributed by atoms with Crippen molar-refractivity contribution in [3.05, 3.63) is 36.2 Å². The van der Waals surface area contributed by atoms with Crippen molar-refractivity contribution in [2.24, 2.45) is 0 Å². The molecule has 0 atom stereocenters. The Kier molecular flexibility index (Phi) is 3.37. The Bertz CT molecular complexity index is 591. The molecule has 5 nitrogen and oxygen atoms in total. The minimum Gasteiger partial charge on any atom is -0.336 e. The molecule has 1 amide bonds. The number of benzene rings is 1. The molecular formula is C14H16N4O. The number of nitrogens with zero attached hydrogens (tertiary/aromatic N) is 3. The number of para-hydroxylation sites is 2. The lowest BCUT2D eigenvalue weighted by Crippen LogP contribution is -2.34. The second-order valence-electron chi connectivity index (χ2n) is 4.64. The fraction of sp³-hybridized carbons (Fsp3) is 0.357. The Labute approximate surface area is 111 Å². The molecule has 19 heavy (non-hydrogen) atoms. The van der Waals surface area contributed by atoms with Crippen molar-refractivity contribution in [2.45, 2.75) is 6.42 Å². The molecular weight excluding hydrogens is 240 g/mol. The quantitative estimate of drug-likeness (QED) is 0.829. The summed E-state index contributed by atoms with van der Waals surface area (Å²) in [5.74, 6) is -0.0260. The van der Waals surface area contributed by atoms with Crippen LogP contribution < -0.4 is 5.32 Å². The summed E-state index contributed by atoms with van der Waals surface area (Å²) < 4.78 is 0. The standard InChI is InChI=1S/C14H16N4O/c19-14(18-8-3-6-15-7-9-18)13-10-16-11-4-1-2-5-12(11)17-13/h1-2,4-5,10,15H,3,6-9H2. The lowest BCUT2D eigenvalue weighted by Gasteiger charge is -2.19. The van der Waals surface area contributed by atoms with E-state index in [-0.39, 0.29) is 5.91 Å². The average molecular weight is 256 g/mol. The number of hydrogen-bond donors (Lipinski definition) is 1. The zero-order valence-corrected chi connectivity index (χ0v) is 10.7. The van der Waals surface area contributed by atoms with Crippen LogP contribution in [0.1, 0.15) is 16.9 Å². The summed E-state index contributed by atoms with van der Waals surface area (Å²) in [6.07, 6.45) is 2.55. The first-order valence-corrected chi connectivity index (χ1v) is 6.56. The lowest BCUT2D eigenvalue weighted by atomic mass is 10.2. The van der Waals surface area contributed by atoms with Crippen molar-refractivity contribution in [2.75, 3.05) is 26.2 Å². The number of nitrogens with one attached hydrogen (secondary N) is 1. The number of carbonyl (C=O) groups is 1. The van der Waals surface area contributed by atoms with E-state index >= 15 is 0 Å². The van der Waals surface area contributed by atoms with E-state index in [1.54, 1.807) is 6.20 Å². The summed E-state index contributed by atoms with van der Waals surface area (Å²) in [6, 6.07) is 7.59. The van der Waals surface area contributed by atoms with E-state index < -0.39 is 0 Å². The van der Waals surface area contributed by atoms with Gasteiger partial charge in [-0.1, -0.05) is 12.1 Å². The van der Waals surface area contributed by atoms with Crippen LogP contribution in [-0.2, 0) is 0 Å². The largest absolute Gasteiger partial charge is 0.336 e. The highest BCUT2D eigenvalue weighted by atomic mass is 16.2. The third-order valence-electron chi connectivity index (χ3n) is 3.29. The molecule has 1 aromatic heterocycles. The van der Waals surface area contributed by atoms with Crippen molar-refractivity contribution >= 4 is 16.9 Å². The van der Waals surface area contributed by atoms with Gasteiger partial charge in [0.25, 0.3) is 5.91 Å². The van der Waals surface area contributed by atoms with Crippen molar-refractivity contribution in [1.82, 2.24) is 20.2 Å². The zero-order valence-electron chi connectivity index (χ0n) is 10.7. The normalized spacial score (nSPS) is 16.3. The molecule has 1 aliphatic rings. The molecule has 1 aromatic carbocycles. The molecule has 3 rings (SSSR count). The smallest absolute Gasteiger partial charge is 0.274 e. The second kappa shape index (κ2) is 5.32. The highest BCUT2D eigenvalue weighted by molar-refractivity contribution is 5.93. The Hall–Kier alpha value is -2.01. The molecule has 5 heteroatoms. The van der Waals surface area contributed by atoms with Crippen LogP contribution in [0.4, 0.5) is 0 Å². The number of carbonyl (C=O) groups excluding carboxylic acids is 1. The van der Waals surface area contributed by atoms with Crippen LogP contribution in [0.25, 0.3) is 11.0 Å². The molecule has 1 fully saturated rings. The van der Waals surface area contributed by atoms with E-state index in [1.165, 1.54) is 0 Å². The van der Waals surface area contributed by atoms with E-state index in [9.17, 15) is 4.79 Å². The summed E-state index contributed by atoms with van der Waals surface area (Å²) in [5.41, 5.74) is 2.01. The van der Waals surface area contributed by atoms with E-state index in [0.717, 1.165) is 43.6 Å². The minimum absolute atomic E-state index is 0.0260. The van der Waals surface area contributed by atoms with Gasteiger partial charge in [0.05, 0.1) is 17.2 Å². The number of fused-ring (bicyclic) bond motifs is 1. The van der Waals surface area contributed by atoms with Gasteiger partial charge in [0.1, 0.15) is 5.69 Å². The molecule has 98 valence electrons. The molecule has 2 heterocycles. The molecule has 0 bridgehead atoms. The van der Waals surface area contributed by atoms with E-state index in [1.807, 2.05) is 29.2 Å². The van der Waals surface area contributed by atoms with E-state index in [4.69, 9.17) is 0 Å². The van der Waals surface area contributed by atoms with E-state index in [2.05, 4.69) is 15.3 Å². The van der Waals surface area contributed by atoms with Gasteiger partial charge in [0, 0.05) is 19.6 Å². The van der Waals surface area contributed by atoms with Crippen LogP contribution in [-0.4, -0.2) is 47.0 Å². The second-order valence-corrected chi connectivity index (χ2v) is 4.64. The van der Waals surface area contributed by atoms with Gasteiger partial charge < -0.3 is 10.2 Å². The monoisotopic (exact) mass is 256 g/mol. The van der Waals surface area contributed by atoms with Gasteiger partial charge in [-0.25, -0.2) is 4.98 Å². The van der Waals surface area contributed by atoms with Crippen LogP contribution in [0.2, 0.25) is 0 Å². The maximum absolute atomic E-state index is 12.4. The van der Waals surface area contributed by atoms with Gasteiger partial charge in [-0.3, -0.25) is 9.78 Å². The van der Waals surface area contributed by atoms with Crippen LogP contribution in [0, 0.1) is 0 Å². The zero-order chi connectivity index (χ0) is 13.1. The van der Waals surface area contributed by atoms with Crippen molar-refractivity contribution in [3.63, 3.8) is 0 Å². The lowest BCUT2D eigenvalue weighted by molar-refractivity contribution is 0.0760. The number of hydrogen-bond acceptors (Lipinski definition) is 4. The highest BCUT2D eigenvalue weighted by Crippen LogP contribution is 2.10. The summed E-state index contributed by atoms with van der Waals surface area (Å²) in [6.45, 7) is 3.31. The summed E-state index contributed by atoms with van der Waals surface area (Å²) in [4.78, 5) is 22.9. The molecule has 0 radical (unpaired) electrons. The number of rotatable bonds is 1. The third kappa shape index (κ3) is 2.56. The van der Waals surface area contributed by atoms with Crippen molar-refractivity contribution in [1.29, 1.82) is 0 Å². The molecule has 1 N–H and O–H groups in total. The first kappa shape index (κ1) is 12.0. The fourth-order valence-corrected chi connectivity index (χ4v) is 2.27. The van der Waals surface area contributed by atoms with Crippen LogP contribution in [0.5, 0.6) is 0 Å². The van der Waals surface area contributed by atoms with Gasteiger partial charge in [-0.15, -0.1) is 0 Å². The summed E-state index contributed by atoms with van der Waals surface area (Å²) in [7, 11) is 0. The molecule has 0 aliphatic carbocycles. The minimum atomic E-state index is -0.0260. The van der Waals surface area contributed by atoms with Gasteiger partial charge in [-0.05, 0) is 25.1 Å². The molecule has 0 unspecified atom stereocenters. The summed E-state index contributed by atoms with van der Waals surface area (Å²) >= 11 is 0. The Morgan fingerprint density at radius 3 is 2.89 bits per heavy atom. The van der Waals surface area contributed by atoms with Crippen molar-refractivity contribution in [3.8, 4) is 0 Å². The van der Waals surface area contributed by atoms with Gasteiger partial charge >= 0.3 is 0 Å². The van der Waals surface area contributed by atoms with Crippen molar-refractivity contribution < 1.29 is 4.79 Å². The Morgan fingerprint density at radius 1 is 1.16 bits per heavy atom. The molecule has 0 saturated carbocycles. The van der Waals surface area contributed by atoms with Gasteiger partial charge in [0.2, 0.25) is 0 Å². The summed E-state index contributed by atoms with van der Waals surface area (Å²) in [5, 5.41) is 3.28. The number of aromatic nitrogens is 2. The maximum atomic E-state index is 12.4. The molecule has 1 saturated heterocycles. The topological polar surface area (TPSA) is 58.1 Å². The van der Waals surface area contributed by atoms with Crippen LogP contribution in [0.3, 0.4) is 0 Å². The SMILES string of the molecule is O=C(c1cnc2ccccc2n1)N1CCCNCC1.